The average molecular weight is 274 g/mol. The van der Waals surface area contributed by atoms with Gasteiger partial charge in [0.15, 0.2) is 0 Å². The number of nitrogens with two attached hydrogens (primary N) is 1. The fourth-order valence-electron chi connectivity index (χ4n) is 2.09. The van der Waals surface area contributed by atoms with Crippen LogP contribution in [0.4, 0.5) is 0 Å². The lowest BCUT2D eigenvalue weighted by molar-refractivity contribution is -0.123. The van der Waals surface area contributed by atoms with Crippen molar-refractivity contribution in [2.75, 3.05) is 0 Å². The van der Waals surface area contributed by atoms with Gasteiger partial charge in [0.2, 0.25) is 5.91 Å². The zero-order chi connectivity index (χ0) is 14.7. The highest BCUT2D eigenvalue weighted by molar-refractivity contribution is 5.81. The van der Waals surface area contributed by atoms with Gasteiger partial charge in [0.1, 0.15) is 5.65 Å². The van der Waals surface area contributed by atoms with Gasteiger partial charge in [0.05, 0.1) is 18.3 Å². The maximum atomic E-state index is 11.9. The molecule has 0 aliphatic rings. The Labute approximate surface area is 119 Å². The van der Waals surface area contributed by atoms with Gasteiger partial charge in [0, 0.05) is 11.9 Å². The molecule has 5 nitrogen and oxygen atoms in total. The number of carbonyl (C=O) groups is 1. The lowest BCUT2D eigenvalue weighted by atomic mass is 9.99. The zero-order valence-corrected chi connectivity index (χ0v) is 12.3. The van der Waals surface area contributed by atoms with Crippen LogP contribution >= 0.6 is 0 Å². The fourth-order valence-corrected chi connectivity index (χ4v) is 2.09. The molecule has 0 aromatic carbocycles. The lowest BCUT2D eigenvalue weighted by Crippen LogP contribution is -2.44. The van der Waals surface area contributed by atoms with Gasteiger partial charge < -0.3 is 15.5 Å². The molecule has 2 atom stereocenters. The Morgan fingerprint density at radius 3 is 2.90 bits per heavy atom. The van der Waals surface area contributed by atoms with E-state index in [1.165, 1.54) is 0 Å². The molecule has 108 valence electrons. The number of amides is 1. The van der Waals surface area contributed by atoms with Crippen molar-refractivity contribution in [3.8, 4) is 0 Å². The SMILES string of the molecule is CCC(C)C(N)C(=O)NCc1cn2c(C)cccc2n1. The number of aryl methyl sites for hydroxylation is 1. The number of aromatic nitrogens is 2. The van der Waals surface area contributed by atoms with E-state index < -0.39 is 6.04 Å². The largest absolute Gasteiger partial charge is 0.349 e. The van der Waals surface area contributed by atoms with Crippen molar-refractivity contribution in [1.29, 1.82) is 0 Å². The molecule has 0 saturated carbocycles. The molecule has 2 aromatic rings. The fraction of sp³-hybridized carbons (Fsp3) is 0.467. The van der Waals surface area contributed by atoms with Gasteiger partial charge in [-0.2, -0.15) is 0 Å². The molecule has 20 heavy (non-hydrogen) atoms. The van der Waals surface area contributed by atoms with Crippen LogP contribution in [0.1, 0.15) is 31.7 Å². The predicted molar refractivity (Wildman–Crippen MR) is 79.2 cm³/mol. The molecule has 2 unspecified atom stereocenters. The summed E-state index contributed by atoms with van der Waals surface area (Å²) >= 11 is 0. The Morgan fingerprint density at radius 1 is 1.50 bits per heavy atom. The number of pyridine rings is 1. The Bertz CT molecular complexity index is 605. The van der Waals surface area contributed by atoms with E-state index >= 15 is 0 Å². The summed E-state index contributed by atoms with van der Waals surface area (Å²) in [5, 5.41) is 2.85. The third kappa shape index (κ3) is 2.99. The van der Waals surface area contributed by atoms with Crippen molar-refractivity contribution >= 4 is 11.6 Å². The first-order chi connectivity index (χ1) is 9.52. The summed E-state index contributed by atoms with van der Waals surface area (Å²) in [5.41, 5.74) is 8.74. The van der Waals surface area contributed by atoms with Crippen molar-refractivity contribution in [2.24, 2.45) is 11.7 Å². The topological polar surface area (TPSA) is 72.4 Å². The third-order valence-corrected chi connectivity index (χ3v) is 3.75. The summed E-state index contributed by atoms with van der Waals surface area (Å²) in [6.45, 7) is 6.45. The summed E-state index contributed by atoms with van der Waals surface area (Å²) < 4.78 is 2.01. The summed E-state index contributed by atoms with van der Waals surface area (Å²) in [6, 6.07) is 5.48. The van der Waals surface area contributed by atoms with Gasteiger partial charge >= 0.3 is 0 Å². The number of nitrogens with one attached hydrogen (secondary N) is 1. The summed E-state index contributed by atoms with van der Waals surface area (Å²) in [7, 11) is 0. The molecule has 1 amide bonds. The van der Waals surface area contributed by atoms with E-state index in [1.54, 1.807) is 0 Å². The molecule has 2 rings (SSSR count). The Hall–Kier alpha value is -1.88. The van der Waals surface area contributed by atoms with Crippen LogP contribution in [-0.2, 0) is 11.3 Å². The molecular formula is C15H22N4O. The molecular weight excluding hydrogens is 252 g/mol. The number of fused-ring (bicyclic) bond motifs is 1. The van der Waals surface area contributed by atoms with Gasteiger partial charge in [-0.3, -0.25) is 4.79 Å². The van der Waals surface area contributed by atoms with E-state index in [2.05, 4.69) is 10.3 Å². The standard InChI is InChI=1S/C15H22N4O/c1-4-10(2)14(16)15(20)17-8-12-9-19-11(3)6-5-7-13(19)18-12/h5-7,9-10,14H,4,8,16H2,1-3H3,(H,17,20). The van der Waals surface area contributed by atoms with Crippen molar-refractivity contribution in [1.82, 2.24) is 14.7 Å². The molecule has 5 heteroatoms. The first kappa shape index (κ1) is 14.5. The monoisotopic (exact) mass is 274 g/mol. The van der Waals surface area contributed by atoms with Crippen LogP contribution in [0, 0.1) is 12.8 Å². The van der Waals surface area contributed by atoms with E-state index in [4.69, 9.17) is 5.73 Å². The molecule has 0 saturated heterocycles. The predicted octanol–water partition coefficient (Wildman–Crippen LogP) is 1.63. The van der Waals surface area contributed by atoms with Gasteiger partial charge in [-0.1, -0.05) is 26.3 Å². The van der Waals surface area contributed by atoms with Gasteiger partial charge in [-0.15, -0.1) is 0 Å². The van der Waals surface area contributed by atoms with E-state index in [9.17, 15) is 4.79 Å². The molecule has 0 bridgehead atoms. The Morgan fingerprint density at radius 2 is 2.25 bits per heavy atom. The van der Waals surface area contributed by atoms with Crippen LogP contribution in [0.15, 0.2) is 24.4 Å². The second-order valence-electron chi connectivity index (χ2n) is 5.26. The summed E-state index contributed by atoms with van der Waals surface area (Å²) in [4.78, 5) is 16.4. The minimum atomic E-state index is -0.459. The summed E-state index contributed by atoms with van der Waals surface area (Å²) in [6.07, 6.45) is 2.84. The highest BCUT2D eigenvalue weighted by atomic mass is 16.2. The highest BCUT2D eigenvalue weighted by Gasteiger charge is 2.19. The van der Waals surface area contributed by atoms with E-state index in [1.807, 2.05) is 49.6 Å². The van der Waals surface area contributed by atoms with Crippen LogP contribution in [0.5, 0.6) is 0 Å². The lowest BCUT2D eigenvalue weighted by Gasteiger charge is -2.17. The van der Waals surface area contributed by atoms with Crippen LogP contribution in [-0.4, -0.2) is 21.3 Å². The zero-order valence-electron chi connectivity index (χ0n) is 12.3. The molecule has 0 aliphatic carbocycles. The number of imidazole rings is 1. The first-order valence-corrected chi connectivity index (χ1v) is 6.99. The summed E-state index contributed by atoms with van der Waals surface area (Å²) in [5.74, 6) is 0.0615. The first-order valence-electron chi connectivity index (χ1n) is 6.99. The quantitative estimate of drug-likeness (QED) is 0.870. The average Bonchev–Trinajstić information content (AvgIpc) is 2.87. The van der Waals surface area contributed by atoms with Crippen molar-refractivity contribution in [3.05, 3.63) is 35.8 Å². The van der Waals surface area contributed by atoms with Crippen LogP contribution < -0.4 is 11.1 Å². The molecule has 2 heterocycles. The van der Waals surface area contributed by atoms with Crippen LogP contribution in [0.3, 0.4) is 0 Å². The number of nitrogens with zero attached hydrogens (tertiary/aromatic N) is 2. The third-order valence-electron chi connectivity index (χ3n) is 3.75. The van der Waals surface area contributed by atoms with Crippen LogP contribution in [0.25, 0.3) is 5.65 Å². The van der Waals surface area contributed by atoms with Crippen molar-refractivity contribution in [3.63, 3.8) is 0 Å². The Kier molecular flexibility index (Phi) is 4.39. The van der Waals surface area contributed by atoms with Crippen LogP contribution in [0.2, 0.25) is 0 Å². The normalized spacial score (nSPS) is 14.2. The second-order valence-corrected chi connectivity index (χ2v) is 5.26. The van der Waals surface area contributed by atoms with E-state index in [-0.39, 0.29) is 11.8 Å². The van der Waals surface area contributed by atoms with E-state index in [0.717, 1.165) is 23.5 Å². The Balaban J connectivity index is 2.02. The van der Waals surface area contributed by atoms with Gasteiger partial charge in [-0.25, -0.2) is 4.98 Å². The molecule has 0 fully saturated rings. The maximum Gasteiger partial charge on any atom is 0.237 e. The van der Waals surface area contributed by atoms with Crippen molar-refractivity contribution < 1.29 is 4.79 Å². The van der Waals surface area contributed by atoms with Gasteiger partial charge in [0.25, 0.3) is 0 Å². The molecule has 0 spiro atoms. The van der Waals surface area contributed by atoms with E-state index in [0.29, 0.717) is 6.54 Å². The molecule has 0 aliphatic heterocycles. The minimum Gasteiger partial charge on any atom is -0.349 e. The molecule has 0 radical (unpaired) electrons. The number of rotatable bonds is 5. The molecule has 2 aromatic heterocycles. The van der Waals surface area contributed by atoms with Crippen molar-refractivity contribution in [2.45, 2.75) is 39.8 Å². The number of hydrogen-bond acceptors (Lipinski definition) is 3. The number of carbonyl (C=O) groups excluding carboxylic acids is 1. The van der Waals surface area contributed by atoms with Gasteiger partial charge in [-0.05, 0) is 25.0 Å². The molecule has 3 N–H and O–H groups in total. The second kappa shape index (κ2) is 6.05. The minimum absolute atomic E-state index is 0.117. The highest BCUT2D eigenvalue weighted by Crippen LogP contribution is 2.09. The smallest absolute Gasteiger partial charge is 0.237 e. The number of hydrogen-bond donors (Lipinski definition) is 2. The maximum absolute atomic E-state index is 11.9.